The van der Waals surface area contributed by atoms with E-state index in [-0.39, 0.29) is 22.7 Å². The maximum absolute atomic E-state index is 12.9. The molecule has 5 heteroatoms. The Hall–Kier alpha value is -3.76. The Kier molecular flexibility index (Phi) is 5.92. The van der Waals surface area contributed by atoms with E-state index in [4.69, 9.17) is 16.3 Å². The standard InChI is InChI=1S/C26H17ClO4/c27-19-14-12-18(13-15-19)25(29)22-9-3-4-10-23(22)26(30)31-16-24(28)21-11-5-7-17-6-1-2-8-20(17)21/h1-15H,16H2. The molecule has 0 amide bonds. The van der Waals surface area contributed by atoms with Crippen molar-refractivity contribution in [1.29, 1.82) is 0 Å². The number of fused-ring (bicyclic) bond motifs is 1. The SMILES string of the molecule is O=C(OCC(=O)c1cccc2ccccc12)c1ccccc1C(=O)c1ccc(Cl)cc1. The number of halogens is 1. The molecule has 0 saturated carbocycles. The van der Waals surface area contributed by atoms with Crippen LogP contribution in [0, 0.1) is 0 Å². The fraction of sp³-hybridized carbons (Fsp3) is 0.0385. The summed E-state index contributed by atoms with van der Waals surface area (Å²) in [6, 6.07) is 25.7. The highest BCUT2D eigenvalue weighted by molar-refractivity contribution is 6.30. The maximum atomic E-state index is 12.9. The predicted octanol–water partition coefficient (Wildman–Crippen LogP) is 5.76. The molecule has 0 fully saturated rings. The molecular formula is C26H17ClO4. The molecule has 0 aliphatic rings. The smallest absolute Gasteiger partial charge is 0.339 e. The zero-order valence-corrected chi connectivity index (χ0v) is 17.1. The Morgan fingerprint density at radius 1 is 0.677 bits per heavy atom. The molecule has 4 aromatic carbocycles. The lowest BCUT2D eigenvalue weighted by atomic mass is 9.98. The molecule has 0 N–H and O–H groups in total. The Morgan fingerprint density at radius 3 is 2.06 bits per heavy atom. The van der Waals surface area contributed by atoms with E-state index >= 15 is 0 Å². The van der Waals surface area contributed by atoms with Gasteiger partial charge >= 0.3 is 5.97 Å². The number of esters is 1. The van der Waals surface area contributed by atoms with Gasteiger partial charge < -0.3 is 4.74 Å². The van der Waals surface area contributed by atoms with Gasteiger partial charge in [0, 0.05) is 21.7 Å². The van der Waals surface area contributed by atoms with Crippen LogP contribution in [0.2, 0.25) is 5.02 Å². The number of benzene rings is 4. The number of ketones is 2. The van der Waals surface area contributed by atoms with Crippen molar-refractivity contribution in [1.82, 2.24) is 0 Å². The fourth-order valence-corrected chi connectivity index (χ4v) is 3.50. The first-order valence-corrected chi connectivity index (χ1v) is 10.00. The number of hydrogen-bond donors (Lipinski definition) is 0. The third-order valence-electron chi connectivity index (χ3n) is 4.92. The van der Waals surface area contributed by atoms with Crippen molar-refractivity contribution in [2.75, 3.05) is 6.61 Å². The molecule has 0 radical (unpaired) electrons. The molecule has 4 nitrogen and oxygen atoms in total. The second-order valence-electron chi connectivity index (χ2n) is 6.91. The number of ether oxygens (including phenoxy) is 1. The van der Waals surface area contributed by atoms with Crippen LogP contribution in [0.3, 0.4) is 0 Å². The quantitative estimate of drug-likeness (QED) is 0.289. The lowest BCUT2D eigenvalue weighted by Gasteiger charge is -2.10. The Bertz CT molecular complexity index is 1290. The molecular weight excluding hydrogens is 412 g/mol. The van der Waals surface area contributed by atoms with Crippen molar-refractivity contribution in [2.24, 2.45) is 0 Å². The van der Waals surface area contributed by atoms with Gasteiger partial charge in [0.2, 0.25) is 5.78 Å². The van der Waals surface area contributed by atoms with Gasteiger partial charge in [-0.15, -0.1) is 0 Å². The summed E-state index contributed by atoms with van der Waals surface area (Å²) in [5, 5.41) is 2.24. The Labute approximate surface area is 184 Å². The van der Waals surface area contributed by atoms with Crippen molar-refractivity contribution in [3.8, 4) is 0 Å². The second-order valence-corrected chi connectivity index (χ2v) is 7.34. The monoisotopic (exact) mass is 428 g/mol. The number of rotatable bonds is 6. The van der Waals surface area contributed by atoms with E-state index in [0.29, 0.717) is 16.1 Å². The van der Waals surface area contributed by atoms with Gasteiger partial charge in [-0.05, 0) is 41.1 Å². The Morgan fingerprint density at radius 2 is 1.29 bits per heavy atom. The highest BCUT2D eigenvalue weighted by Gasteiger charge is 2.20. The molecule has 0 spiro atoms. The third-order valence-corrected chi connectivity index (χ3v) is 5.17. The Balaban J connectivity index is 1.53. The van der Waals surface area contributed by atoms with Gasteiger partial charge in [0.1, 0.15) is 0 Å². The van der Waals surface area contributed by atoms with Crippen LogP contribution in [0.4, 0.5) is 0 Å². The first-order chi connectivity index (χ1) is 15.0. The van der Waals surface area contributed by atoms with E-state index in [1.807, 2.05) is 30.3 Å². The number of hydrogen-bond acceptors (Lipinski definition) is 4. The van der Waals surface area contributed by atoms with E-state index in [2.05, 4.69) is 0 Å². The third kappa shape index (κ3) is 4.39. The van der Waals surface area contributed by atoms with Crippen molar-refractivity contribution in [3.05, 3.63) is 118 Å². The van der Waals surface area contributed by atoms with Gasteiger partial charge in [0.25, 0.3) is 0 Å². The van der Waals surface area contributed by atoms with Gasteiger partial charge in [-0.3, -0.25) is 9.59 Å². The van der Waals surface area contributed by atoms with Crippen LogP contribution in [0.1, 0.15) is 36.6 Å². The first-order valence-electron chi connectivity index (χ1n) is 9.62. The first kappa shape index (κ1) is 20.5. The van der Waals surface area contributed by atoms with E-state index in [1.54, 1.807) is 54.6 Å². The summed E-state index contributed by atoms with van der Waals surface area (Å²) in [5.74, 6) is -1.37. The van der Waals surface area contributed by atoms with Crippen molar-refractivity contribution in [3.63, 3.8) is 0 Å². The van der Waals surface area contributed by atoms with Crippen LogP contribution in [-0.2, 0) is 4.74 Å². The predicted molar refractivity (Wildman–Crippen MR) is 120 cm³/mol. The van der Waals surface area contributed by atoms with Crippen LogP contribution in [-0.4, -0.2) is 24.1 Å². The maximum Gasteiger partial charge on any atom is 0.339 e. The summed E-state index contributed by atoms with van der Waals surface area (Å²) in [5.41, 5.74) is 1.19. The summed E-state index contributed by atoms with van der Waals surface area (Å²) >= 11 is 5.88. The highest BCUT2D eigenvalue weighted by Crippen LogP contribution is 2.20. The molecule has 0 aliphatic heterocycles. The molecule has 0 aliphatic carbocycles. The summed E-state index contributed by atoms with van der Waals surface area (Å²) < 4.78 is 5.28. The van der Waals surface area contributed by atoms with Crippen LogP contribution >= 0.6 is 11.6 Å². The molecule has 152 valence electrons. The number of carbonyl (C=O) groups is 3. The summed E-state index contributed by atoms with van der Waals surface area (Å²) in [6.07, 6.45) is 0. The van der Waals surface area contributed by atoms with Crippen LogP contribution in [0.5, 0.6) is 0 Å². The van der Waals surface area contributed by atoms with E-state index < -0.39 is 12.6 Å². The van der Waals surface area contributed by atoms with Crippen molar-refractivity contribution in [2.45, 2.75) is 0 Å². The topological polar surface area (TPSA) is 60.4 Å². The van der Waals surface area contributed by atoms with E-state index in [0.717, 1.165) is 10.8 Å². The minimum absolute atomic E-state index is 0.105. The molecule has 31 heavy (non-hydrogen) atoms. The molecule has 0 atom stereocenters. The molecule has 0 unspecified atom stereocenters. The van der Waals surface area contributed by atoms with Crippen LogP contribution in [0.15, 0.2) is 91.0 Å². The summed E-state index contributed by atoms with van der Waals surface area (Å²) in [7, 11) is 0. The summed E-state index contributed by atoms with van der Waals surface area (Å²) in [6.45, 7) is -0.420. The minimum Gasteiger partial charge on any atom is -0.454 e. The molecule has 0 bridgehead atoms. The van der Waals surface area contributed by atoms with E-state index in [9.17, 15) is 14.4 Å². The minimum atomic E-state index is -0.730. The molecule has 4 aromatic rings. The normalized spacial score (nSPS) is 10.6. The summed E-state index contributed by atoms with van der Waals surface area (Å²) in [4.78, 5) is 38.3. The van der Waals surface area contributed by atoms with Crippen LogP contribution in [0.25, 0.3) is 10.8 Å². The average Bonchev–Trinajstić information content (AvgIpc) is 2.82. The molecule has 0 aromatic heterocycles. The lowest BCUT2D eigenvalue weighted by molar-refractivity contribution is 0.0473. The second kappa shape index (κ2) is 8.94. The molecule has 0 saturated heterocycles. The van der Waals surface area contributed by atoms with Gasteiger partial charge in [0.15, 0.2) is 12.4 Å². The average molecular weight is 429 g/mol. The highest BCUT2D eigenvalue weighted by atomic mass is 35.5. The molecule has 4 rings (SSSR count). The van der Waals surface area contributed by atoms with Gasteiger partial charge in [0.05, 0.1) is 5.56 Å². The van der Waals surface area contributed by atoms with Crippen molar-refractivity contribution < 1.29 is 19.1 Å². The largest absolute Gasteiger partial charge is 0.454 e. The lowest BCUT2D eigenvalue weighted by Crippen LogP contribution is -2.17. The number of carbonyl (C=O) groups excluding carboxylic acids is 3. The zero-order valence-electron chi connectivity index (χ0n) is 16.4. The van der Waals surface area contributed by atoms with Crippen molar-refractivity contribution >= 4 is 39.9 Å². The number of Topliss-reactive ketones (excluding diaryl/α,β-unsaturated/α-hetero) is 1. The van der Waals surface area contributed by atoms with E-state index in [1.165, 1.54) is 6.07 Å². The van der Waals surface area contributed by atoms with Gasteiger partial charge in [-0.2, -0.15) is 0 Å². The van der Waals surface area contributed by atoms with Crippen LogP contribution < -0.4 is 0 Å². The fourth-order valence-electron chi connectivity index (χ4n) is 3.37. The van der Waals surface area contributed by atoms with Gasteiger partial charge in [-0.25, -0.2) is 4.79 Å². The molecule has 0 heterocycles. The zero-order chi connectivity index (χ0) is 21.8. The van der Waals surface area contributed by atoms with Gasteiger partial charge in [-0.1, -0.05) is 72.3 Å².